The van der Waals surface area contributed by atoms with E-state index in [0.29, 0.717) is 0 Å². The van der Waals surface area contributed by atoms with Crippen molar-refractivity contribution in [1.82, 2.24) is 0 Å². The van der Waals surface area contributed by atoms with E-state index in [0.717, 1.165) is 0 Å². The fourth-order valence-electron chi connectivity index (χ4n) is 4.45. The third kappa shape index (κ3) is 4.57. The van der Waals surface area contributed by atoms with Crippen LogP contribution in [0.25, 0.3) is 0 Å². The molecule has 1 aromatic rings. The van der Waals surface area contributed by atoms with Crippen molar-refractivity contribution in [3.63, 3.8) is 0 Å². The summed E-state index contributed by atoms with van der Waals surface area (Å²) >= 11 is 0. The van der Waals surface area contributed by atoms with E-state index in [2.05, 4.69) is 0 Å². The highest BCUT2D eigenvalue weighted by molar-refractivity contribution is 6.27. The highest BCUT2D eigenvalue weighted by atomic mass is 16.7. The average molecular weight is 504 g/mol. The van der Waals surface area contributed by atoms with Crippen LogP contribution in [0.2, 0.25) is 0 Å². The van der Waals surface area contributed by atoms with Crippen molar-refractivity contribution in [2.45, 2.75) is 63.2 Å². The molecule has 3 aliphatic rings. The van der Waals surface area contributed by atoms with Crippen LogP contribution in [0, 0.1) is 20.2 Å². The molecule has 0 atom stereocenters. The van der Waals surface area contributed by atoms with Crippen LogP contribution in [0.15, 0.2) is 35.4 Å². The third-order valence-corrected chi connectivity index (χ3v) is 6.87. The molecule has 194 valence electrons. The molecular weight excluding hydrogens is 476 g/mol. The van der Waals surface area contributed by atoms with Gasteiger partial charge in [0, 0.05) is 32.1 Å². The number of rotatable bonds is 6. The topological polar surface area (TPSA) is 157 Å². The second kappa shape index (κ2) is 8.80. The van der Waals surface area contributed by atoms with Crippen molar-refractivity contribution >= 4 is 11.6 Å². The van der Waals surface area contributed by atoms with Gasteiger partial charge in [0.05, 0.1) is 12.8 Å². The lowest BCUT2D eigenvalue weighted by Crippen LogP contribution is -2.57. The van der Waals surface area contributed by atoms with Crippen LogP contribution in [0.5, 0.6) is 0 Å². The lowest BCUT2D eigenvalue weighted by molar-refractivity contribution is -0.596. The first-order chi connectivity index (χ1) is 16.7. The molecule has 2 aliphatic heterocycles. The molecule has 2 saturated heterocycles. The summed E-state index contributed by atoms with van der Waals surface area (Å²) in [7, 11) is 0. The predicted octanol–water partition coefficient (Wildman–Crippen LogP) is 2.74. The first kappa shape index (κ1) is 26.0. The van der Waals surface area contributed by atoms with Crippen LogP contribution >= 0.6 is 0 Å². The fraction of sp³-hybridized carbons (Fsp3) is 0.583. The van der Waals surface area contributed by atoms with Crippen molar-refractivity contribution in [3.05, 3.63) is 66.8 Å². The van der Waals surface area contributed by atoms with Gasteiger partial charge in [-0.25, -0.2) is 0 Å². The van der Waals surface area contributed by atoms with Gasteiger partial charge in [0.15, 0.2) is 23.1 Å². The van der Waals surface area contributed by atoms with Crippen molar-refractivity contribution < 1.29 is 38.4 Å². The van der Waals surface area contributed by atoms with E-state index in [4.69, 9.17) is 18.9 Å². The van der Waals surface area contributed by atoms with Crippen LogP contribution in [0.1, 0.15) is 61.3 Å². The zero-order valence-corrected chi connectivity index (χ0v) is 20.5. The number of carbonyl (C=O) groups excluding carboxylic acids is 2. The van der Waals surface area contributed by atoms with Gasteiger partial charge in [-0.1, -0.05) is 24.3 Å². The second-order valence-electron chi connectivity index (χ2n) is 10.4. The van der Waals surface area contributed by atoms with Gasteiger partial charge in [-0.15, -0.1) is 0 Å². The van der Waals surface area contributed by atoms with E-state index in [9.17, 15) is 29.8 Å². The number of hydrogen-bond acceptors (Lipinski definition) is 10. The minimum Gasteiger partial charge on any atom is -0.343 e. The first-order valence-corrected chi connectivity index (χ1v) is 11.5. The maximum absolute atomic E-state index is 13.6. The molecule has 36 heavy (non-hydrogen) atoms. The Morgan fingerprint density at radius 3 is 1.28 bits per heavy atom. The molecule has 0 spiro atoms. The van der Waals surface area contributed by atoms with Gasteiger partial charge < -0.3 is 18.9 Å². The van der Waals surface area contributed by atoms with Gasteiger partial charge in [-0.3, -0.25) is 29.8 Å². The number of nitrogens with zero attached hydrogens (tertiary/aromatic N) is 2. The highest BCUT2D eigenvalue weighted by Crippen LogP contribution is 2.40. The van der Waals surface area contributed by atoms with Crippen molar-refractivity contribution in [2.24, 2.45) is 0 Å². The van der Waals surface area contributed by atoms with Crippen LogP contribution in [-0.2, 0) is 18.9 Å². The molecule has 2 fully saturated rings. The number of ketones is 2. The Kier molecular flexibility index (Phi) is 6.36. The lowest BCUT2D eigenvalue weighted by Gasteiger charge is -2.40. The van der Waals surface area contributed by atoms with Crippen LogP contribution in [-0.4, -0.2) is 70.5 Å². The molecular formula is C24H28N2O10. The van der Waals surface area contributed by atoms with Crippen LogP contribution in [0.4, 0.5) is 0 Å². The summed E-state index contributed by atoms with van der Waals surface area (Å²) in [5.74, 6) is -3.31. The van der Waals surface area contributed by atoms with E-state index in [1.807, 2.05) is 0 Å². The molecule has 0 N–H and O–H groups in total. The van der Waals surface area contributed by atoms with E-state index < -0.39 is 56.9 Å². The van der Waals surface area contributed by atoms with Gasteiger partial charge in [0.25, 0.3) is 11.1 Å². The molecule has 12 nitrogen and oxygen atoms in total. The Balaban J connectivity index is 1.81. The lowest BCUT2D eigenvalue weighted by atomic mass is 9.75. The van der Waals surface area contributed by atoms with Gasteiger partial charge in [0.1, 0.15) is 26.4 Å². The maximum atomic E-state index is 13.6. The van der Waals surface area contributed by atoms with Gasteiger partial charge in [-0.2, -0.15) is 0 Å². The normalized spacial score (nSPS) is 24.2. The molecule has 1 aromatic carbocycles. The smallest absolute Gasteiger partial charge is 0.272 e. The molecule has 0 saturated carbocycles. The largest absolute Gasteiger partial charge is 0.343 e. The summed E-state index contributed by atoms with van der Waals surface area (Å²) in [5.41, 5.74) is -3.86. The fourth-order valence-corrected chi connectivity index (χ4v) is 4.45. The summed E-state index contributed by atoms with van der Waals surface area (Å²) in [6.45, 7) is 4.97. The molecule has 2 heterocycles. The molecule has 4 rings (SSSR count). The minimum atomic E-state index is -1.86. The standard InChI is InChI=1S/C24H28N2O10/c1-21(2)33-11-23(12-34-21,25(29)30)9-17-18(20(28)16-8-6-5-7-15(16)19(17)27)10-24(26(31)32)13-35-22(3,4)36-14-24/h5-8H,9-14H2,1-4H3. The second-order valence-corrected chi connectivity index (χ2v) is 10.4. The van der Waals surface area contributed by atoms with E-state index in [-0.39, 0.29) is 48.7 Å². The number of Topliss-reactive ketones (excluding diaryl/α,β-unsaturated/α-hetero) is 2. The van der Waals surface area contributed by atoms with Crippen molar-refractivity contribution in [3.8, 4) is 0 Å². The number of benzene rings is 1. The zero-order valence-electron chi connectivity index (χ0n) is 20.5. The number of ether oxygens (including phenoxy) is 4. The Hall–Kier alpha value is -3.06. The molecule has 12 heteroatoms. The number of carbonyl (C=O) groups is 2. The van der Waals surface area contributed by atoms with E-state index >= 15 is 0 Å². The van der Waals surface area contributed by atoms with E-state index in [1.165, 1.54) is 12.1 Å². The Bertz CT molecular complexity index is 1060. The summed E-state index contributed by atoms with van der Waals surface area (Å²) < 4.78 is 22.2. The third-order valence-electron chi connectivity index (χ3n) is 6.87. The Labute approximate surface area is 206 Å². The monoisotopic (exact) mass is 504 g/mol. The van der Waals surface area contributed by atoms with Gasteiger partial charge >= 0.3 is 0 Å². The molecule has 0 aromatic heterocycles. The van der Waals surface area contributed by atoms with Crippen LogP contribution in [0.3, 0.4) is 0 Å². The first-order valence-electron chi connectivity index (χ1n) is 11.5. The maximum Gasteiger partial charge on any atom is 0.272 e. The summed E-state index contributed by atoms with van der Waals surface area (Å²) in [6.07, 6.45) is -0.989. The van der Waals surface area contributed by atoms with Gasteiger partial charge in [-0.05, 0) is 27.7 Å². The predicted molar refractivity (Wildman–Crippen MR) is 123 cm³/mol. The zero-order chi connectivity index (χ0) is 26.5. The highest BCUT2D eigenvalue weighted by Gasteiger charge is 2.55. The quantitative estimate of drug-likeness (QED) is 0.417. The number of fused-ring (bicyclic) bond motifs is 1. The van der Waals surface area contributed by atoms with E-state index in [1.54, 1.807) is 39.8 Å². The number of hydrogen-bond donors (Lipinski definition) is 0. The summed E-state index contributed by atoms with van der Waals surface area (Å²) in [4.78, 5) is 50.5. The summed E-state index contributed by atoms with van der Waals surface area (Å²) in [6, 6.07) is 6.07. The van der Waals surface area contributed by atoms with Crippen LogP contribution < -0.4 is 0 Å². The summed E-state index contributed by atoms with van der Waals surface area (Å²) in [5, 5.41) is 24.4. The Morgan fingerprint density at radius 2 is 1.00 bits per heavy atom. The number of nitro groups is 2. The minimum absolute atomic E-state index is 0.0881. The molecule has 0 radical (unpaired) electrons. The average Bonchev–Trinajstić information content (AvgIpc) is 2.82. The Morgan fingerprint density at radius 1 is 0.694 bits per heavy atom. The molecule has 1 aliphatic carbocycles. The van der Waals surface area contributed by atoms with Crippen molar-refractivity contribution in [1.29, 1.82) is 0 Å². The molecule has 0 amide bonds. The molecule has 0 bridgehead atoms. The molecule has 0 unspecified atom stereocenters. The van der Waals surface area contributed by atoms with Gasteiger partial charge in [0.2, 0.25) is 0 Å². The SMILES string of the molecule is CC1(C)OCC(CC2=C(CC3([N+](=O)[O-])COC(C)(C)OC3)C(=O)c3ccccc3C2=O)([N+](=O)[O-])CO1. The van der Waals surface area contributed by atoms with Crippen molar-refractivity contribution in [2.75, 3.05) is 26.4 Å².